The Morgan fingerprint density at radius 3 is 2.30 bits per heavy atom. The summed E-state index contributed by atoms with van der Waals surface area (Å²) < 4.78 is 4.95. The van der Waals surface area contributed by atoms with Crippen molar-refractivity contribution in [1.29, 1.82) is 0 Å². The maximum atomic E-state index is 5.97. The third kappa shape index (κ3) is 3.18. The van der Waals surface area contributed by atoms with Crippen molar-refractivity contribution in [2.45, 2.75) is 32.7 Å². The summed E-state index contributed by atoms with van der Waals surface area (Å²) in [7, 11) is 1.70. The summed E-state index contributed by atoms with van der Waals surface area (Å²) in [6, 6.07) is 0. The molecule has 0 aromatic rings. The Morgan fingerprint density at radius 2 is 2.00 bits per heavy atom. The van der Waals surface area contributed by atoms with Gasteiger partial charge in [0.25, 0.3) is 0 Å². The van der Waals surface area contributed by atoms with Crippen LogP contribution in [0.3, 0.4) is 0 Å². The van der Waals surface area contributed by atoms with Gasteiger partial charge in [-0.3, -0.25) is 0 Å². The Labute approximate surface area is 63.7 Å². The van der Waals surface area contributed by atoms with Crippen LogP contribution in [0.25, 0.3) is 0 Å². The average Bonchev–Trinajstić information content (AvgIpc) is 1.84. The fraction of sp³-hybridized carbons (Fsp3) is 1.00. The molecule has 2 nitrogen and oxygen atoms in total. The van der Waals surface area contributed by atoms with Gasteiger partial charge in [0.2, 0.25) is 0 Å². The molecule has 0 bridgehead atoms. The van der Waals surface area contributed by atoms with Crippen molar-refractivity contribution >= 4 is 0 Å². The molecule has 0 aromatic carbocycles. The fourth-order valence-corrected chi connectivity index (χ4v) is 0.611. The molecule has 10 heavy (non-hydrogen) atoms. The molecule has 0 radical (unpaired) electrons. The molecule has 0 saturated heterocycles. The van der Waals surface area contributed by atoms with Gasteiger partial charge in [0.05, 0.1) is 0 Å². The van der Waals surface area contributed by atoms with Crippen LogP contribution in [0.2, 0.25) is 0 Å². The minimum absolute atomic E-state index is 0.0734. The van der Waals surface area contributed by atoms with Gasteiger partial charge in [-0.05, 0) is 19.3 Å². The van der Waals surface area contributed by atoms with Crippen LogP contribution >= 0.6 is 0 Å². The van der Waals surface area contributed by atoms with Gasteiger partial charge < -0.3 is 10.5 Å². The summed E-state index contributed by atoms with van der Waals surface area (Å²) in [5.41, 5.74) is 5.89. The van der Waals surface area contributed by atoms with Crippen molar-refractivity contribution in [3.63, 3.8) is 0 Å². The molecule has 2 N–H and O–H groups in total. The van der Waals surface area contributed by atoms with E-state index in [0.29, 0.717) is 5.92 Å². The minimum Gasteiger partial charge on any atom is -0.385 e. The molecule has 0 heterocycles. The lowest BCUT2D eigenvalue weighted by Crippen LogP contribution is -2.42. The molecule has 0 rings (SSSR count). The molecule has 1 unspecified atom stereocenters. The fourth-order valence-electron chi connectivity index (χ4n) is 0.611. The summed E-state index contributed by atoms with van der Waals surface area (Å²) in [5, 5.41) is 0. The summed E-state index contributed by atoms with van der Waals surface area (Å²) >= 11 is 0. The van der Waals surface area contributed by atoms with Crippen molar-refractivity contribution in [2.24, 2.45) is 11.7 Å². The van der Waals surface area contributed by atoms with E-state index in [1.54, 1.807) is 7.11 Å². The molecule has 1 atom stereocenters. The van der Waals surface area contributed by atoms with E-state index in [1.165, 1.54) is 0 Å². The van der Waals surface area contributed by atoms with Gasteiger partial charge in [0.15, 0.2) is 0 Å². The van der Waals surface area contributed by atoms with E-state index in [-0.39, 0.29) is 5.54 Å². The Kier molecular flexibility index (Phi) is 3.91. The number of hydrogen-bond acceptors (Lipinski definition) is 2. The lowest BCUT2D eigenvalue weighted by Gasteiger charge is -2.28. The molecule has 62 valence electrons. The van der Waals surface area contributed by atoms with Gasteiger partial charge in [0.1, 0.15) is 0 Å². The lowest BCUT2D eigenvalue weighted by molar-refractivity contribution is 0.157. The van der Waals surface area contributed by atoms with Gasteiger partial charge in [-0.25, -0.2) is 0 Å². The zero-order chi connectivity index (χ0) is 8.20. The van der Waals surface area contributed by atoms with E-state index >= 15 is 0 Å². The minimum atomic E-state index is -0.0734. The second-order valence-corrected chi connectivity index (χ2v) is 3.40. The molecule has 0 saturated carbocycles. The van der Waals surface area contributed by atoms with Gasteiger partial charge in [-0.15, -0.1) is 0 Å². The predicted octanol–water partition coefficient (Wildman–Crippen LogP) is 1.40. The van der Waals surface area contributed by atoms with Crippen molar-refractivity contribution in [3.05, 3.63) is 0 Å². The molecule has 0 aliphatic rings. The first kappa shape index (κ1) is 9.92. The van der Waals surface area contributed by atoms with Crippen LogP contribution in [0, 0.1) is 5.92 Å². The van der Waals surface area contributed by atoms with Gasteiger partial charge in [-0.2, -0.15) is 0 Å². The summed E-state index contributed by atoms with van der Waals surface area (Å²) in [5.74, 6) is 0.516. The zero-order valence-electron chi connectivity index (χ0n) is 7.48. The summed E-state index contributed by atoms with van der Waals surface area (Å²) in [6.45, 7) is 7.09. The SMILES string of the molecule is COCCC(C)(N)C(C)C. The monoisotopic (exact) mass is 145 g/mol. The van der Waals surface area contributed by atoms with Crippen LogP contribution < -0.4 is 5.73 Å². The second kappa shape index (κ2) is 3.94. The van der Waals surface area contributed by atoms with E-state index in [4.69, 9.17) is 10.5 Å². The predicted molar refractivity (Wildman–Crippen MR) is 43.9 cm³/mol. The highest BCUT2D eigenvalue weighted by molar-refractivity contribution is 4.81. The van der Waals surface area contributed by atoms with Crippen LogP contribution in [0.15, 0.2) is 0 Å². The molecule has 0 aliphatic carbocycles. The highest BCUT2D eigenvalue weighted by Crippen LogP contribution is 2.16. The number of methoxy groups -OCH3 is 1. The maximum Gasteiger partial charge on any atom is 0.0479 e. The quantitative estimate of drug-likeness (QED) is 0.649. The standard InChI is InChI=1S/C8H19NO/c1-7(2)8(3,9)5-6-10-4/h7H,5-6,9H2,1-4H3. The Bertz CT molecular complexity index is 89.3. The third-order valence-corrected chi connectivity index (χ3v) is 2.16. The summed E-state index contributed by atoms with van der Waals surface area (Å²) in [4.78, 5) is 0. The average molecular weight is 145 g/mol. The van der Waals surface area contributed by atoms with E-state index in [0.717, 1.165) is 13.0 Å². The van der Waals surface area contributed by atoms with Crippen LogP contribution in [0.4, 0.5) is 0 Å². The molecular formula is C8H19NO. The number of ether oxygens (including phenoxy) is 1. The topological polar surface area (TPSA) is 35.2 Å². The molecule has 0 amide bonds. The first-order valence-corrected chi connectivity index (χ1v) is 3.78. The first-order chi connectivity index (χ1) is 4.50. The first-order valence-electron chi connectivity index (χ1n) is 3.78. The van der Waals surface area contributed by atoms with Crippen LogP contribution in [-0.2, 0) is 4.74 Å². The number of rotatable bonds is 4. The zero-order valence-corrected chi connectivity index (χ0v) is 7.48. The number of nitrogens with two attached hydrogens (primary N) is 1. The normalized spacial score (nSPS) is 17.4. The maximum absolute atomic E-state index is 5.97. The smallest absolute Gasteiger partial charge is 0.0479 e. The van der Waals surface area contributed by atoms with Crippen LogP contribution in [-0.4, -0.2) is 19.3 Å². The van der Waals surface area contributed by atoms with E-state index in [1.807, 2.05) is 0 Å². The van der Waals surface area contributed by atoms with E-state index in [2.05, 4.69) is 20.8 Å². The Morgan fingerprint density at radius 1 is 1.50 bits per heavy atom. The lowest BCUT2D eigenvalue weighted by atomic mass is 9.87. The second-order valence-electron chi connectivity index (χ2n) is 3.40. The molecule has 0 fully saturated rings. The van der Waals surface area contributed by atoms with Gasteiger partial charge in [0, 0.05) is 19.3 Å². The van der Waals surface area contributed by atoms with Crippen molar-refractivity contribution in [2.75, 3.05) is 13.7 Å². The van der Waals surface area contributed by atoms with Crippen molar-refractivity contribution in [3.8, 4) is 0 Å². The molecule has 0 spiro atoms. The molecule has 0 aliphatic heterocycles. The molecular weight excluding hydrogens is 126 g/mol. The largest absolute Gasteiger partial charge is 0.385 e. The third-order valence-electron chi connectivity index (χ3n) is 2.16. The van der Waals surface area contributed by atoms with E-state index in [9.17, 15) is 0 Å². The molecule has 0 aromatic heterocycles. The van der Waals surface area contributed by atoms with Crippen LogP contribution in [0.1, 0.15) is 27.2 Å². The summed E-state index contributed by atoms with van der Waals surface area (Å²) in [6.07, 6.45) is 0.932. The van der Waals surface area contributed by atoms with Gasteiger partial charge >= 0.3 is 0 Å². The highest BCUT2D eigenvalue weighted by atomic mass is 16.5. The Hall–Kier alpha value is -0.0800. The van der Waals surface area contributed by atoms with E-state index < -0.39 is 0 Å². The highest BCUT2D eigenvalue weighted by Gasteiger charge is 2.21. The number of hydrogen-bond donors (Lipinski definition) is 1. The van der Waals surface area contributed by atoms with Gasteiger partial charge in [-0.1, -0.05) is 13.8 Å². The molecule has 2 heteroatoms. The van der Waals surface area contributed by atoms with Crippen molar-refractivity contribution < 1.29 is 4.74 Å². The van der Waals surface area contributed by atoms with Crippen molar-refractivity contribution in [1.82, 2.24) is 0 Å². The Balaban J connectivity index is 3.63. The van der Waals surface area contributed by atoms with Crippen LogP contribution in [0.5, 0.6) is 0 Å².